The lowest BCUT2D eigenvalue weighted by molar-refractivity contribution is -0.0789. The first-order chi connectivity index (χ1) is 9.29. The maximum absolute atomic E-state index is 6.44. The van der Waals surface area contributed by atoms with E-state index in [1.54, 1.807) is 0 Å². The van der Waals surface area contributed by atoms with E-state index in [2.05, 4.69) is 47.4 Å². The second-order valence-corrected chi connectivity index (χ2v) is 7.12. The number of hydrogen-bond donors (Lipinski definition) is 1. The van der Waals surface area contributed by atoms with Crippen molar-refractivity contribution in [2.75, 3.05) is 13.1 Å². The summed E-state index contributed by atoms with van der Waals surface area (Å²) in [5, 5.41) is 8.15. The molecule has 2 atom stereocenters. The lowest BCUT2D eigenvalue weighted by Gasteiger charge is -2.34. The van der Waals surface area contributed by atoms with Crippen LogP contribution in [0.3, 0.4) is 0 Å². The zero-order valence-corrected chi connectivity index (χ0v) is 12.8. The van der Waals surface area contributed by atoms with E-state index in [1.807, 2.05) is 6.33 Å². The number of nitrogens with zero attached hydrogens (tertiary/aromatic N) is 4. The molecular formula is C14H25N5O. The molecule has 0 bridgehead atoms. The Kier molecular flexibility index (Phi) is 3.15. The van der Waals surface area contributed by atoms with Crippen LogP contribution < -0.4 is 5.73 Å². The number of aromatic nitrogens is 3. The van der Waals surface area contributed by atoms with E-state index in [0.717, 1.165) is 32.0 Å². The minimum atomic E-state index is -0.260. The van der Waals surface area contributed by atoms with Gasteiger partial charge in [0.25, 0.3) is 0 Å². The Morgan fingerprint density at radius 1 is 1.30 bits per heavy atom. The highest BCUT2D eigenvalue weighted by atomic mass is 16.5. The number of hydrogen-bond acceptors (Lipinski definition) is 5. The average Bonchev–Trinajstić information content (AvgIpc) is 2.85. The van der Waals surface area contributed by atoms with Crippen molar-refractivity contribution in [3.63, 3.8) is 0 Å². The van der Waals surface area contributed by atoms with Gasteiger partial charge in [-0.05, 0) is 27.7 Å². The third kappa shape index (κ3) is 2.25. The molecule has 3 heterocycles. The quantitative estimate of drug-likeness (QED) is 0.859. The minimum Gasteiger partial charge on any atom is -0.368 e. The zero-order chi connectivity index (χ0) is 14.5. The van der Waals surface area contributed by atoms with Gasteiger partial charge in [-0.2, -0.15) is 0 Å². The van der Waals surface area contributed by atoms with Gasteiger partial charge in [0.05, 0.1) is 17.7 Å². The van der Waals surface area contributed by atoms with Crippen molar-refractivity contribution in [2.24, 2.45) is 11.7 Å². The summed E-state index contributed by atoms with van der Waals surface area (Å²) in [6.45, 7) is 12.2. The molecule has 2 N–H and O–H groups in total. The summed E-state index contributed by atoms with van der Waals surface area (Å²) in [6.07, 6.45) is 1.81. The van der Waals surface area contributed by atoms with Gasteiger partial charge >= 0.3 is 0 Å². The van der Waals surface area contributed by atoms with Crippen molar-refractivity contribution in [1.82, 2.24) is 19.7 Å². The molecule has 0 radical (unpaired) electrons. The Balaban J connectivity index is 1.72. The van der Waals surface area contributed by atoms with Crippen LogP contribution in [0.25, 0.3) is 0 Å². The molecule has 0 spiro atoms. The number of fused-ring (bicyclic) bond motifs is 1. The first-order valence-electron chi connectivity index (χ1n) is 7.34. The predicted octanol–water partition coefficient (Wildman–Crippen LogP) is 0.625. The van der Waals surface area contributed by atoms with Crippen molar-refractivity contribution < 1.29 is 4.74 Å². The highest BCUT2D eigenvalue weighted by Crippen LogP contribution is 2.41. The van der Waals surface area contributed by atoms with Crippen molar-refractivity contribution in [3.8, 4) is 0 Å². The lowest BCUT2D eigenvalue weighted by atomic mass is 9.82. The SMILES string of the molecule is CC1(C)OC(C)(C)C(CN2CCn3cnnc3C2)C1N. The van der Waals surface area contributed by atoms with E-state index < -0.39 is 0 Å². The van der Waals surface area contributed by atoms with Crippen LogP contribution in [-0.4, -0.2) is 50.0 Å². The maximum Gasteiger partial charge on any atom is 0.147 e. The first-order valence-corrected chi connectivity index (χ1v) is 7.34. The van der Waals surface area contributed by atoms with E-state index in [0.29, 0.717) is 5.92 Å². The molecule has 0 saturated carbocycles. The predicted molar refractivity (Wildman–Crippen MR) is 76.0 cm³/mol. The Labute approximate surface area is 120 Å². The van der Waals surface area contributed by atoms with Gasteiger partial charge < -0.3 is 15.0 Å². The van der Waals surface area contributed by atoms with Gasteiger partial charge in [0, 0.05) is 31.6 Å². The molecule has 2 aliphatic heterocycles. The zero-order valence-electron chi connectivity index (χ0n) is 12.8. The topological polar surface area (TPSA) is 69.2 Å². The average molecular weight is 279 g/mol. The molecule has 20 heavy (non-hydrogen) atoms. The molecule has 1 aromatic rings. The normalized spacial score (nSPS) is 32.2. The van der Waals surface area contributed by atoms with Crippen LogP contribution in [0.1, 0.15) is 33.5 Å². The fourth-order valence-corrected chi connectivity index (χ4v) is 3.62. The van der Waals surface area contributed by atoms with Crippen molar-refractivity contribution in [2.45, 2.75) is 58.0 Å². The largest absolute Gasteiger partial charge is 0.368 e. The van der Waals surface area contributed by atoms with Gasteiger partial charge in [0.15, 0.2) is 0 Å². The van der Waals surface area contributed by atoms with Crippen LogP contribution in [-0.2, 0) is 17.8 Å². The summed E-state index contributed by atoms with van der Waals surface area (Å²) < 4.78 is 8.29. The summed E-state index contributed by atoms with van der Waals surface area (Å²) in [4.78, 5) is 2.42. The Hall–Kier alpha value is -0.980. The van der Waals surface area contributed by atoms with Crippen LogP contribution in [0.4, 0.5) is 0 Å². The smallest absolute Gasteiger partial charge is 0.147 e. The number of ether oxygens (including phenoxy) is 1. The highest BCUT2D eigenvalue weighted by molar-refractivity contribution is 5.05. The van der Waals surface area contributed by atoms with Crippen molar-refractivity contribution in [3.05, 3.63) is 12.2 Å². The summed E-state index contributed by atoms with van der Waals surface area (Å²) >= 11 is 0. The van der Waals surface area contributed by atoms with Gasteiger partial charge in [-0.25, -0.2) is 0 Å². The second kappa shape index (κ2) is 4.51. The number of nitrogens with two attached hydrogens (primary N) is 1. The molecule has 1 aromatic heterocycles. The Morgan fingerprint density at radius 2 is 2.05 bits per heavy atom. The van der Waals surface area contributed by atoms with Crippen molar-refractivity contribution >= 4 is 0 Å². The maximum atomic E-state index is 6.44. The fourth-order valence-electron chi connectivity index (χ4n) is 3.62. The molecule has 6 heteroatoms. The molecule has 1 saturated heterocycles. The summed E-state index contributed by atoms with van der Waals surface area (Å²) in [5.74, 6) is 1.37. The molecule has 2 aliphatic rings. The van der Waals surface area contributed by atoms with E-state index in [4.69, 9.17) is 10.5 Å². The van der Waals surface area contributed by atoms with E-state index >= 15 is 0 Å². The molecule has 6 nitrogen and oxygen atoms in total. The third-order valence-corrected chi connectivity index (χ3v) is 4.83. The number of rotatable bonds is 2. The van der Waals surface area contributed by atoms with Crippen LogP contribution in [0, 0.1) is 5.92 Å². The standard InChI is InChI=1S/C14H25N5O/c1-13(2)10(12(15)14(3,4)20-13)7-18-5-6-19-9-16-17-11(19)8-18/h9-10,12H,5-8,15H2,1-4H3. The molecular weight excluding hydrogens is 254 g/mol. The van der Waals surface area contributed by atoms with Gasteiger partial charge in [0.1, 0.15) is 12.2 Å². The molecule has 1 fully saturated rings. The molecule has 0 aliphatic carbocycles. The van der Waals surface area contributed by atoms with Crippen LogP contribution in [0.2, 0.25) is 0 Å². The van der Waals surface area contributed by atoms with E-state index in [-0.39, 0.29) is 17.2 Å². The molecule has 112 valence electrons. The lowest BCUT2D eigenvalue weighted by Crippen LogP contribution is -2.49. The fraction of sp³-hybridized carbons (Fsp3) is 0.857. The Morgan fingerprint density at radius 3 is 2.70 bits per heavy atom. The van der Waals surface area contributed by atoms with Crippen molar-refractivity contribution in [1.29, 1.82) is 0 Å². The van der Waals surface area contributed by atoms with E-state index in [9.17, 15) is 0 Å². The van der Waals surface area contributed by atoms with Gasteiger partial charge in [-0.15, -0.1) is 10.2 Å². The van der Waals surface area contributed by atoms with Crippen LogP contribution in [0.15, 0.2) is 6.33 Å². The monoisotopic (exact) mass is 279 g/mol. The van der Waals surface area contributed by atoms with Gasteiger partial charge in [0.2, 0.25) is 0 Å². The summed E-state index contributed by atoms with van der Waals surface area (Å²) in [5.41, 5.74) is 5.99. The van der Waals surface area contributed by atoms with Gasteiger partial charge in [-0.1, -0.05) is 0 Å². The third-order valence-electron chi connectivity index (χ3n) is 4.83. The highest BCUT2D eigenvalue weighted by Gasteiger charge is 2.52. The van der Waals surface area contributed by atoms with E-state index in [1.165, 1.54) is 0 Å². The van der Waals surface area contributed by atoms with Crippen LogP contribution >= 0.6 is 0 Å². The minimum absolute atomic E-state index is 0.0531. The molecule has 0 aromatic carbocycles. The molecule has 3 rings (SSSR count). The molecule has 2 unspecified atom stereocenters. The second-order valence-electron chi connectivity index (χ2n) is 7.12. The summed E-state index contributed by atoms with van der Waals surface area (Å²) in [6, 6.07) is 0.0531. The summed E-state index contributed by atoms with van der Waals surface area (Å²) in [7, 11) is 0. The van der Waals surface area contributed by atoms with Crippen LogP contribution in [0.5, 0.6) is 0 Å². The van der Waals surface area contributed by atoms with Gasteiger partial charge in [-0.3, -0.25) is 4.90 Å². The first kappa shape index (κ1) is 14.0. The Bertz CT molecular complexity index is 496. The molecule has 0 amide bonds.